The number of thiazole rings is 1. The lowest BCUT2D eigenvalue weighted by atomic mass is 9.96. The Kier molecular flexibility index (Phi) is 7.02. The quantitative estimate of drug-likeness (QED) is 0.328. The molecule has 37 heavy (non-hydrogen) atoms. The van der Waals surface area contributed by atoms with Gasteiger partial charge in [-0.05, 0) is 48.7 Å². The number of amides is 1. The molecule has 0 saturated carbocycles. The van der Waals surface area contributed by atoms with Gasteiger partial charge in [-0.25, -0.2) is 26.6 Å². The first-order valence-corrected chi connectivity index (χ1v) is 13.9. The van der Waals surface area contributed by atoms with Gasteiger partial charge in [0.1, 0.15) is 11.3 Å². The van der Waals surface area contributed by atoms with Crippen molar-refractivity contribution in [3.8, 4) is 0 Å². The molecule has 1 aliphatic rings. The predicted molar refractivity (Wildman–Crippen MR) is 135 cm³/mol. The highest BCUT2D eigenvalue weighted by Crippen LogP contribution is 2.34. The van der Waals surface area contributed by atoms with Crippen LogP contribution < -0.4 is 4.90 Å². The molecule has 1 fully saturated rings. The van der Waals surface area contributed by atoms with E-state index in [1.807, 2.05) is 30.3 Å². The van der Waals surface area contributed by atoms with E-state index in [-0.39, 0.29) is 48.8 Å². The molecule has 3 aromatic carbocycles. The fourth-order valence-corrected chi connectivity index (χ4v) is 6.84. The van der Waals surface area contributed by atoms with Crippen LogP contribution in [0.15, 0.2) is 71.6 Å². The standard InChI is InChI=1S/C26H22F3N3O3S2/c27-20-10-9-19(15-22(20)29)37(34,35)31-13-11-18(12-14-31)25(33)32(16-17-5-2-1-3-6-17)26-30-24-21(28)7-4-8-23(24)36-26/h1-10,15,18H,11-14,16H2. The lowest BCUT2D eigenvalue weighted by Crippen LogP contribution is -2.44. The molecule has 1 saturated heterocycles. The van der Waals surface area contributed by atoms with Crippen LogP contribution in [0.5, 0.6) is 0 Å². The van der Waals surface area contributed by atoms with E-state index >= 15 is 0 Å². The topological polar surface area (TPSA) is 70.6 Å². The minimum atomic E-state index is -4.04. The predicted octanol–water partition coefficient (Wildman–Crippen LogP) is 5.35. The Bertz CT molecular complexity index is 1550. The highest BCUT2D eigenvalue weighted by Gasteiger charge is 2.35. The summed E-state index contributed by atoms with van der Waals surface area (Å²) in [5.41, 5.74) is 1.06. The highest BCUT2D eigenvalue weighted by molar-refractivity contribution is 7.89. The molecule has 1 amide bonds. The van der Waals surface area contributed by atoms with Crippen LogP contribution >= 0.6 is 11.3 Å². The SMILES string of the molecule is O=C(C1CCN(S(=O)(=O)c2ccc(F)c(F)c2)CC1)N(Cc1ccccc1)c1nc2c(F)cccc2s1. The van der Waals surface area contributed by atoms with E-state index in [1.54, 1.807) is 12.1 Å². The summed E-state index contributed by atoms with van der Waals surface area (Å²) >= 11 is 1.22. The molecule has 4 aromatic rings. The van der Waals surface area contributed by atoms with Crippen molar-refractivity contribution in [1.82, 2.24) is 9.29 Å². The maximum atomic E-state index is 14.3. The third kappa shape index (κ3) is 5.11. The van der Waals surface area contributed by atoms with Crippen molar-refractivity contribution in [1.29, 1.82) is 0 Å². The molecule has 6 nitrogen and oxygen atoms in total. The summed E-state index contributed by atoms with van der Waals surface area (Å²) < 4.78 is 68.9. The molecule has 0 bridgehead atoms. The largest absolute Gasteiger partial charge is 0.283 e. The Morgan fingerprint density at radius 2 is 1.68 bits per heavy atom. The number of fused-ring (bicyclic) bond motifs is 1. The first-order chi connectivity index (χ1) is 17.7. The normalized spacial score (nSPS) is 15.2. The van der Waals surface area contributed by atoms with E-state index in [4.69, 9.17) is 0 Å². The van der Waals surface area contributed by atoms with Gasteiger partial charge in [0.15, 0.2) is 16.8 Å². The van der Waals surface area contributed by atoms with Gasteiger partial charge in [0.2, 0.25) is 15.9 Å². The zero-order valence-electron chi connectivity index (χ0n) is 19.5. The molecule has 1 aromatic heterocycles. The summed E-state index contributed by atoms with van der Waals surface area (Å²) in [5.74, 6) is -3.56. The number of rotatable bonds is 6. The van der Waals surface area contributed by atoms with Crippen LogP contribution in [0.2, 0.25) is 0 Å². The van der Waals surface area contributed by atoms with E-state index in [0.717, 1.165) is 17.7 Å². The zero-order valence-corrected chi connectivity index (χ0v) is 21.1. The van der Waals surface area contributed by atoms with Crippen LogP contribution in [0.1, 0.15) is 18.4 Å². The highest BCUT2D eigenvalue weighted by atomic mass is 32.2. The molecular formula is C26H22F3N3O3S2. The molecular weight excluding hydrogens is 523 g/mol. The number of hydrogen-bond donors (Lipinski definition) is 0. The lowest BCUT2D eigenvalue weighted by Gasteiger charge is -2.33. The molecule has 0 atom stereocenters. The Balaban J connectivity index is 1.37. The number of sulfonamides is 1. The van der Waals surface area contributed by atoms with Gasteiger partial charge in [-0.15, -0.1) is 0 Å². The number of carbonyl (C=O) groups excluding carboxylic acids is 1. The van der Waals surface area contributed by atoms with E-state index < -0.39 is 33.4 Å². The third-order valence-electron chi connectivity index (χ3n) is 6.37. The fourth-order valence-electron chi connectivity index (χ4n) is 4.37. The van der Waals surface area contributed by atoms with Gasteiger partial charge in [-0.1, -0.05) is 47.7 Å². The Morgan fingerprint density at radius 3 is 2.35 bits per heavy atom. The van der Waals surface area contributed by atoms with E-state index in [9.17, 15) is 26.4 Å². The van der Waals surface area contributed by atoms with Crippen molar-refractivity contribution in [2.24, 2.45) is 5.92 Å². The Labute approximate surface area is 216 Å². The maximum Gasteiger partial charge on any atom is 0.243 e. The molecule has 2 heterocycles. The van der Waals surface area contributed by atoms with Crippen molar-refractivity contribution in [2.45, 2.75) is 24.3 Å². The van der Waals surface area contributed by atoms with Crippen molar-refractivity contribution in [3.05, 3.63) is 89.7 Å². The number of piperidine rings is 1. The summed E-state index contributed by atoms with van der Waals surface area (Å²) in [5, 5.41) is 0.366. The van der Waals surface area contributed by atoms with Crippen molar-refractivity contribution >= 4 is 42.6 Å². The molecule has 5 rings (SSSR count). The Hall–Kier alpha value is -3.28. The molecule has 0 unspecified atom stereocenters. The number of anilines is 1. The van der Waals surface area contributed by atoms with E-state index in [0.29, 0.717) is 15.9 Å². The van der Waals surface area contributed by atoms with Crippen molar-refractivity contribution in [2.75, 3.05) is 18.0 Å². The van der Waals surface area contributed by atoms with Gasteiger partial charge in [0.25, 0.3) is 0 Å². The second kappa shape index (κ2) is 10.2. The smallest absolute Gasteiger partial charge is 0.243 e. The number of nitrogens with zero attached hydrogens (tertiary/aromatic N) is 3. The van der Waals surface area contributed by atoms with Crippen LogP contribution in [0.4, 0.5) is 18.3 Å². The van der Waals surface area contributed by atoms with Crippen LogP contribution in [0.3, 0.4) is 0 Å². The van der Waals surface area contributed by atoms with Crippen molar-refractivity contribution < 1.29 is 26.4 Å². The van der Waals surface area contributed by atoms with Gasteiger partial charge < -0.3 is 0 Å². The van der Waals surface area contributed by atoms with Gasteiger partial charge in [-0.3, -0.25) is 9.69 Å². The summed E-state index contributed by atoms with van der Waals surface area (Å²) in [7, 11) is -4.04. The minimum absolute atomic E-state index is 0.0470. The third-order valence-corrected chi connectivity index (χ3v) is 9.31. The number of hydrogen-bond acceptors (Lipinski definition) is 5. The van der Waals surface area contributed by atoms with Crippen LogP contribution in [0.25, 0.3) is 10.2 Å². The summed E-state index contributed by atoms with van der Waals surface area (Å²) in [6, 6.07) is 16.5. The molecule has 192 valence electrons. The van der Waals surface area contributed by atoms with Crippen molar-refractivity contribution in [3.63, 3.8) is 0 Å². The minimum Gasteiger partial charge on any atom is -0.283 e. The van der Waals surface area contributed by atoms with Gasteiger partial charge in [0.05, 0.1) is 16.1 Å². The fraction of sp³-hybridized carbons (Fsp3) is 0.231. The summed E-state index contributed by atoms with van der Waals surface area (Å²) in [6.07, 6.45) is 0.485. The van der Waals surface area contributed by atoms with Crippen LogP contribution in [-0.2, 0) is 21.4 Å². The number of para-hydroxylation sites is 1. The second-order valence-electron chi connectivity index (χ2n) is 8.75. The molecule has 0 radical (unpaired) electrons. The van der Waals surface area contributed by atoms with Gasteiger partial charge >= 0.3 is 0 Å². The monoisotopic (exact) mass is 545 g/mol. The lowest BCUT2D eigenvalue weighted by molar-refractivity contribution is -0.123. The average Bonchev–Trinajstić information content (AvgIpc) is 3.34. The first kappa shape index (κ1) is 25.4. The number of carbonyl (C=O) groups is 1. The number of benzene rings is 3. The van der Waals surface area contributed by atoms with E-state index in [2.05, 4.69) is 4.98 Å². The zero-order chi connectivity index (χ0) is 26.2. The number of halogens is 3. The molecule has 0 N–H and O–H groups in total. The first-order valence-electron chi connectivity index (χ1n) is 11.6. The number of aromatic nitrogens is 1. The van der Waals surface area contributed by atoms with Crippen LogP contribution in [-0.4, -0.2) is 36.7 Å². The molecule has 1 aliphatic heterocycles. The van der Waals surface area contributed by atoms with Crippen LogP contribution in [0, 0.1) is 23.4 Å². The molecule has 11 heteroatoms. The van der Waals surface area contributed by atoms with E-state index in [1.165, 1.54) is 26.6 Å². The molecule has 0 aliphatic carbocycles. The average molecular weight is 546 g/mol. The molecule has 0 spiro atoms. The van der Waals surface area contributed by atoms with Gasteiger partial charge in [-0.2, -0.15) is 4.31 Å². The maximum absolute atomic E-state index is 14.3. The Morgan fingerprint density at radius 1 is 0.946 bits per heavy atom. The summed E-state index contributed by atoms with van der Waals surface area (Å²) in [6.45, 7) is 0.325. The second-order valence-corrected chi connectivity index (χ2v) is 11.7. The summed E-state index contributed by atoms with van der Waals surface area (Å²) in [4.78, 5) is 19.3. The van der Waals surface area contributed by atoms with Gasteiger partial charge in [0, 0.05) is 19.0 Å².